The molecule has 0 bridgehead atoms. The number of imidazole rings is 1. The smallest absolute Gasteiger partial charge is 0.157 e. The van der Waals surface area contributed by atoms with Crippen LogP contribution in [0.3, 0.4) is 0 Å². The van der Waals surface area contributed by atoms with Crippen molar-refractivity contribution in [3.63, 3.8) is 0 Å². The van der Waals surface area contributed by atoms with E-state index in [1.807, 2.05) is 34.7 Å². The van der Waals surface area contributed by atoms with E-state index in [0.29, 0.717) is 5.82 Å². The van der Waals surface area contributed by atoms with Crippen LogP contribution >= 0.6 is 11.3 Å². The molecule has 6 heteroatoms. The molecule has 4 rings (SSSR count). The number of nitrogens with two attached hydrogens (primary N) is 1. The van der Waals surface area contributed by atoms with E-state index in [1.165, 1.54) is 0 Å². The Labute approximate surface area is 136 Å². The lowest BCUT2D eigenvalue weighted by Crippen LogP contribution is -1.93. The first-order valence-corrected chi connectivity index (χ1v) is 7.74. The number of rotatable bonds is 1. The predicted octanol–water partition coefficient (Wildman–Crippen LogP) is 2.83. The Balaban J connectivity index is 1.70. The minimum atomic E-state index is 0.605. The second-order valence-electron chi connectivity index (χ2n) is 4.78. The molecule has 4 aromatic heterocycles. The highest BCUT2D eigenvalue weighted by Gasteiger charge is 2.12. The number of nitrogen functional groups attached to an aromatic ring is 1. The van der Waals surface area contributed by atoms with Gasteiger partial charge in [-0.1, -0.05) is 6.07 Å². The summed E-state index contributed by atoms with van der Waals surface area (Å²) in [6.45, 7) is 0. The molecule has 0 aliphatic rings. The normalized spacial score (nSPS) is 10.4. The van der Waals surface area contributed by atoms with Gasteiger partial charge >= 0.3 is 0 Å². The van der Waals surface area contributed by atoms with Crippen LogP contribution in [0.4, 0.5) is 5.82 Å². The Bertz CT molecular complexity index is 1040. The number of aromatic nitrogens is 4. The third kappa shape index (κ3) is 2.54. The van der Waals surface area contributed by atoms with Gasteiger partial charge in [-0.25, -0.2) is 9.97 Å². The van der Waals surface area contributed by atoms with Crippen molar-refractivity contribution in [1.82, 2.24) is 19.4 Å². The fraction of sp³-hybridized carbons (Fsp3) is 0. The van der Waals surface area contributed by atoms with Crippen molar-refractivity contribution in [3.05, 3.63) is 65.7 Å². The molecule has 0 aromatic carbocycles. The van der Waals surface area contributed by atoms with Gasteiger partial charge in [0.15, 0.2) is 5.65 Å². The zero-order valence-electron chi connectivity index (χ0n) is 12.0. The van der Waals surface area contributed by atoms with Crippen LogP contribution in [0.25, 0.3) is 16.2 Å². The highest BCUT2D eigenvalue weighted by Crippen LogP contribution is 2.31. The van der Waals surface area contributed by atoms with Crippen LogP contribution in [-0.2, 0) is 0 Å². The van der Waals surface area contributed by atoms with Crippen molar-refractivity contribution in [1.29, 1.82) is 0 Å². The molecule has 0 fully saturated rings. The summed E-state index contributed by atoms with van der Waals surface area (Å²) in [5.74, 6) is 6.78. The number of hydrogen-bond acceptors (Lipinski definition) is 5. The molecule has 4 heterocycles. The summed E-state index contributed by atoms with van der Waals surface area (Å²) in [6, 6.07) is 9.63. The van der Waals surface area contributed by atoms with Crippen LogP contribution in [0.5, 0.6) is 0 Å². The summed E-state index contributed by atoms with van der Waals surface area (Å²) >= 11 is 1.56. The van der Waals surface area contributed by atoms with Crippen molar-refractivity contribution < 1.29 is 0 Å². The Kier molecular flexibility index (Phi) is 3.26. The Morgan fingerprint density at radius 2 is 2.04 bits per heavy atom. The van der Waals surface area contributed by atoms with Gasteiger partial charge in [-0.05, 0) is 36.1 Å². The fourth-order valence-electron chi connectivity index (χ4n) is 2.20. The molecular formula is C17H11N5S. The van der Waals surface area contributed by atoms with Crippen LogP contribution in [-0.4, -0.2) is 19.4 Å². The lowest BCUT2D eigenvalue weighted by Gasteiger charge is -1.94. The molecule has 0 saturated heterocycles. The summed E-state index contributed by atoms with van der Waals surface area (Å²) in [5, 5.41) is 0. The second kappa shape index (κ2) is 5.55. The van der Waals surface area contributed by atoms with Gasteiger partial charge in [-0.2, -0.15) is 0 Å². The first-order valence-electron chi connectivity index (χ1n) is 6.92. The lowest BCUT2D eigenvalue weighted by atomic mass is 10.3. The van der Waals surface area contributed by atoms with Crippen LogP contribution in [0, 0.1) is 11.8 Å². The Morgan fingerprint density at radius 3 is 2.87 bits per heavy atom. The SMILES string of the molecule is Nc1c(-c2ccc(C#Cc3ccccn3)s2)nc2cnccn12. The van der Waals surface area contributed by atoms with E-state index in [4.69, 9.17) is 5.73 Å². The summed E-state index contributed by atoms with van der Waals surface area (Å²) in [5.41, 5.74) is 8.42. The average Bonchev–Trinajstić information content (AvgIpc) is 3.19. The molecule has 0 spiro atoms. The van der Waals surface area contributed by atoms with Gasteiger partial charge in [0.25, 0.3) is 0 Å². The molecule has 0 aliphatic carbocycles. The summed E-state index contributed by atoms with van der Waals surface area (Å²) in [6.07, 6.45) is 6.91. The largest absolute Gasteiger partial charge is 0.383 e. The molecule has 5 nitrogen and oxygen atoms in total. The highest BCUT2D eigenvalue weighted by molar-refractivity contribution is 7.16. The Hall–Kier alpha value is -3.17. The van der Waals surface area contributed by atoms with Crippen LogP contribution in [0.2, 0.25) is 0 Å². The van der Waals surface area contributed by atoms with E-state index < -0.39 is 0 Å². The molecule has 4 aromatic rings. The maximum absolute atomic E-state index is 6.18. The molecular weight excluding hydrogens is 306 g/mol. The molecule has 0 amide bonds. The van der Waals surface area contributed by atoms with Gasteiger partial charge in [0.2, 0.25) is 0 Å². The molecule has 0 atom stereocenters. The van der Waals surface area contributed by atoms with Gasteiger partial charge in [0, 0.05) is 18.6 Å². The molecule has 0 aliphatic heterocycles. The van der Waals surface area contributed by atoms with Crippen molar-refractivity contribution in [2.75, 3.05) is 5.73 Å². The average molecular weight is 317 g/mol. The number of nitrogens with zero attached hydrogens (tertiary/aromatic N) is 4. The van der Waals surface area contributed by atoms with Gasteiger partial charge in [0.05, 0.1) is 16.0 Å². The zero-order valence-corrected chi connectivity index (χ0v) is 12.8. The molecule has 110 valence electrons. The maximum atomic E-state index is 6.18. The number of pyridine rings is 1. The first kappa shape index (κ1) is 13.5. The standard InChI is InChI=1S/C17H11N5S/c18-17-16(21-15-11-19-9-10-22(15)17)14-7-6-13(23-14)5-4-12-3-1-2-8-20-12/h1-3,6-11H,18H2. The second-order valence-corrected chi connectivity index (χ2v) is 5.86. The molecule has 0 unspecified atom stereocenters. The van der Waals surface area contributed by atoms with Gasteiger partial charge in [-0.3, -0.25) is 9.38 Å². The van der Waals surface area contributed by atoms with Crippen molar-refractivity contribution in [2.24, 2.45) is 0 Å². The summed E-state index contributed by atoms with van der Waals surface area (Å²) < 4.78 is 1.82. The van der Waals surface area contributed by atoms with Crippen molar-refractivity contribution >= 4 is 22.8 Å². The van der Waals surface area contributed by atoms with Gasteiger partial charge in [0.1, 0.15) is 17.2 Å². The minimum absolute atomic E-state index is 0.605. The summed E-state index contributed by atoms with van der Waals surface area (Å²) in [4.78, 5) is 14.7. The van der Waals surface area contributed by atoms with Crippen LogP contribution < -0.4 is 5.73 Å². The van der Waals surface area contributed by atoms with E-state index in [-0.39, 0.29) is 0 Å². The van der Waals surface area contributed by atoms with Crippen LogP contribution in [0.15, 0.2) is 55.1 Å². The predicted molar refractivity (Wildman–Crippen MR) is 90.9 cm³/mol. The van der Waals surface area contributed by atoms with Gasteiger partial charge in [-0.15, -0.1) is 11.3 Å². The molecule has 2 N–H and O–H groups in total. The first-order chi connectivity index (χ1) is 11.3. The van der Waals surface area contributed by atoms with E-state index in [0.717, 1.165) is 26.8 Å². The fourth-order valence-corrected chi connectivity index (χ4v) is 3.06. The molecule has 0 radical (unpaired) electrons. The maximum Gasteiger partial charge on any atom is 0.157 e. The van der Waals surface area contributed by atoms with Gasteiger partial charge < -0.3 is 5.73 Å². The van der Waals surface area contributed by atoms with Crippen molar-refractivity contribution in [3.8, 4) is 22.4 Å². The minimum Gasteiger partial charge on any atom is -0.383 e. The van der Waals surface area contributed by atoms with E-state index in [1.54, 1.807) is 36.1 Å². The number of anilines is 1. The lowest BCUT2D eigenvalue weighted by molar-refractivity contribution is 1.13. The molecule has 0 saturated carbocycles. The molecule has 23 heavy (non-hydrogen) atoms. The third-order valence-electron chi connectivity index (χ3n) is 3.29. The Morgan fingerprint density at radius 1 is 1.09 bits per heavy atom. The number of hydrogen-bond donors (Lipinski definition) is 1. The highest BCUT2D eigenvalue weighted by atomic mass is 32.1. The topological polar surface area (TPSA) is 69.1 Å². The quantitative estimate of drug-likeness (QED) is 0.548. The third-order valence-corrected chi connectivity index (χ3v) is 4.29. The zero-order chi connectivity index (χ0) is 15.6. The van der Waals surface area contributed by atoms with E-state index in [9.17, 15) is 0 Å². The number of thiophene rings is 1. The van der Waals surface area contributed by atoms with E-state index >= 15 is 0 Å². The number of fused-ring (bicyclic) bond motifs is 1. The monoisotopic (exact) mass is 317 g/mol. The van der Waals surface area contributed by atoms with E-state index in [2.05, 4.69) is 26.8 Å². The van der Waals surface area contributed by atoms with Crippen molar-refractivity contribution in [2.45, 2.75) is 0 Å². The van der Waals surface area contributed by atoms with Crippen LogP contribution in [0.1, 0.15) is 10.6 Å². The summed E-state index contributed by atoms with van der Waals surface area (Å²) in [7, 11) is 0.